The van der Waals surface area contributed by atoms with Gasteiger partial charge < -0.3 is 10.2 Å². The van der Waals surface area contributed by atoms with Crippen molar-refractivity contribution in [3.8, 4) is 0 Å². The fraction of sp³-hybridized carbons (Fsp3) is 1.00. The van der Waals surface area contributed by atoms with Crippen LogP contribution in [-0.4, -0.2) is 36.6 Å². The molecule has 0 aromatic heterocycles. The van der Waals surface area contributed by atoms with Gasteiger partial charge in [-0.25, -0.2) is 0 Å². The highest BCUT2D eigenvalue weighted by atomic mass is 15.2. The van der Waals surface area contributed by atoms with Crippen molar-refractivity contribution in [3.05, 3.63) is 0 Å². The van der Waals surface area contributed by atoms with E-state index in [2.05, 4.69) is 51.8 Å². The van der Waals surface area contributed by atoms with Gasteiger partial charge in [-0.05, 0) is 44.2 Å². The summed E-state index contributed by atoms with van der Waals surface area (Å²) >= 11 is 0. The standard InChI is InChI=1S/C15H32N2/c1-7-15(6)12-17(10-8-9-16-15)11-13(2)14(3,4)5/h13,16H,7-12H2,1-6H3. The Morgan fingerprint density at radius 2 is 2.00 bits per heavy atom. The predicted molar refractivity (Wildman–Crippen MR) is 76.4 cm³/mol. The molecule has 0 aliphatic carbocycles. The van der Waals surface area contributed by atoms with Gasteiger partial charge in [0.25, 0.3) is 0 Å². The van der Waals surface area contributed by atoms with E-state index in [1.54, 1.807) is 0 Å². The average Bonchev–Trinajstić information content (AvgIpc) is 2.40. The lowest BCUT2D eigenvalue weighted by Crippen LogP contribution is -2.49. The molecule has 1 fully saturated rings. The van der Waals surface area contributed by atoms with Crippen LogP contribution in [0.2, 0.25) is 0 Å². The van der Waals surface area contributed by atoms with E-state index in [0.717, 1.165) is 5.92 Å². The molecule has 1 aliphatic heterocycles. The third-order valence-corrected chi connectivity index (χ3v) is 4.57. The van der Waals surface area contributed by atoms with Crippen LogP contribution in [0, 0.1) is 11.3 Å². The number of hydrogen-bond acceptors (Lipinski definition) is 2. The van der Waals surface area contributed by atoms with Crippen molar-refractivity contribution in [1.82, 2.24) is 10.2 Å². The highest BCUT2D eigenvalue weighted by Gasteiger charge is 2.29. The van der Waals surface area contributed by atoms with Crippen LogP contribution in [0.25, 0.3) is 0 Å². The van der Waals surface area contributed by atoms with Crippen molar-refractivity contribution in [2.45, 2.75) is 59.9 Å². The molecule has 17 heavy (non-hydrogen) atoms. The molecule has 2 atom stereocenters. The van der Waals surface area contributed by atoms with Gasteiger partial charge in [-0.15, -0.1) is 0 Å². The van der Waals surface area contributed by atoms with Crippen LogP contribution in [0.3, 0.4) is 0 Å². The van der Waals surface area contributed by atoms with Gasteiger partial charge in [0.15, 0.2) is 0 Å². The topological polar surface area (TPSA) is 15.3 Å². The van der Waals surface area contributed by atoms with Crippen LogP contribution < -0.4 is 5.32 Å². The molecule has 1 heterocycles. The zero-order valence-corrected chi connectivity index (χ0v) is 12.8. The Morgan fingerprint density at radius 1 is 1.35 bits per heavy atom. The molecule has 0 bridgehead atoms. The smallest absolute Gasteiger partial charge is 0.0277 e. The van der Waals surface area contributed by atoms with Gasteiger partial charge in [0, 0.05) is 18.6 Å². The van der Waals surface area contributed by atoms with E-state index >= 15 is 0 Å². The molecule has 0 radical (unpaired) electrons. The molecule has 2 nitrogen and oxygen atoms in total. The quantitative estimate of drug-likeness (QED) is 0.815. The summed E-state index contributed by atoms with van der Waals surface area (Å²) in [6, 6.07) is 0. The Kier molecular flexibility index (Phi) is 5.03. The fourth-order valence-corrected chi connectivity index (χ4v) is 2.38. The summed E-state index contributed by atoms with van der Waals surface area (Å²) in [6.45, 7) is 19.0. The van der Waals surface area contributed by atoms with Crippen LogP contribution >= 0.6 is 0 Å². The van der Waals surface area contributed by atoms with Crippen molar-refractivity contribution in [3.63, 3.8) is 0 Å². The van der Waals surface area contributed by atoms with E-state index in [1.807, 2.05) is 0 Å². The Morgan fingerprint density at radius 3 is 2.53 bits per heavy atom. The van der Waals surface area contributed by atoms with E-state index in [-0.39, 0.29) is 0 Å². The van der Waals surface area contributed by atoms with Crippen molar-refractivity contribution >= 4 is 0 Å². The normalized spacial score (nSPS) is 30.0. The first-order valence-electron chi connectivity index (χ1n) is 7.24. The van der Waals surface area contributed by atoms with E-state index < -0.39 is 0 Å². The van der Waals surface area contributed by atoms with Crippen LogP contribution in [0.5, 0.6) is 0 Å². The van der Waals surface area contributed by atoms with Gasteiger partial charge in [-0.2, -0.15) is 0 Å². The SMILES string of the molecule is CCC1(C)CN(CC(C)C(C)(C)C)CCCN1. The van der Waals surface area contributed by atoms with Gasteiger partial charge in [0.1, 0.15) is 0 Å². The Hall–Kier alpha value is -0.0800. The molecular weight excluding hydrogens is 208 g/mol. The van der Waals surface area contributed by atoms with E-state index in [1.165, 1.54) is 39.0 Å². The molecule has 0 amide bonds. The lowest BCUT2D eigenvalue weighted by Gasteiger charge is -2.37. The Labute approximate surface area is 108 Å². The lowest BCUT2D eigenvalue weighted by atomic mass is 9.81. The molecule has 1 rings (SSSR count). The molecule has 102 valence electrons. The summed E-state index contributed by atoms with van der Waals surface area (Å²) in [6.07, 6.45) is 2.50. The average molecular weight is 240 g/mol. The van der Waals surface area contributed by atoms with Gasteiger partial charge in [-0.1, -0.05) is 34.6 Å². The number of hydrogen-bond donors (Lipinski definition) is 1. The molecule has 0 saturated carbocycles. The minimum absolute atomic E-state index is 0.314. The van der Waals surface area contributed by atoms with Crippen molar-refractivity contribution < 1.29 is 0 Å². The third kappa shape index (κ3) is 4.59. The maximum Gasteiger partial charge on any atom is 0.0277 e. The van der Waals surface area contributed by atoms with Gasteiger partial charge in [0.2, 0.25) is 0 Å². The second kappa shape index (κ2) is 5.71. The summed E-state index contributed by atoms with van der Waals surface area (Å²) in [5.41, 5.74) is 0.733. The zero-order valence-electron chi connectivity index (χ0n) is 12.8. The highest BCUT2D eigenvalue weighted by molar-refractivity contribution is 4.89. The van der Waals surface area contributed by atoms with Crippen LogP contribution in [0.4, 0.5) is 0 Å². The monoisotopic (exact) mass is 240 g/mol. The lowest BCUT2D eigenvalue weighted by molar-refractivity contribution is 0.141. The van der Waals surface area contributed by atoms with Crippen LogP contribution in [0.1, 0.15) is 54.4 Å². The molecule has 1 N–H and O–H groups in total. The first-order valence-corrected chi connectivity index (χ1v) is 7.24. The number of rotatable bonds is 3. The van der Waals surface area contributed by atoms with Gasteiger partial charge in [0.05, 0.1) is 0 Å². The predicted octanol–water partition coefficient (Wildman–Crippen LogP) is 3.13. The maximum atomic E-state index is 3.71. The van der Waals surface area contributed by atoms with Crippen molar-refractivity contribution in [1.29, 1.82) is 0 Å². The number of nitrogens with zero attached hydrogens (tertiary/aromatic N) is 1. The van der Waals surface area contributed by atoms with Gasteiger partial charge in [-0.3, -0.25) is 0 Å². The van der Waals surface area contributed by atoms with Crippen molar-refractivity contribution in [2.75, 3.05) is 26.2 Å². The summed E-state index contributed by atoms with van der Waals surface area (Å²) in [5, 5.41) is 3.71. The molecule has 0 spiro atoms. The Bertz CT molecular complexity index is 232. The summed E-state index contributed by atoms with van der Waals surface area (Å²) < 4.78 is 0. The van der Waals surface area contributed by atoms with E-state index in [4.69, 9.17) is 0 Å². The number of nitrogens with one attached hydrogen (secondary N) is 1. The van der Waals surface area contributed by atoms with Crippen LogP contribution in [-0.2, 0) is 0 Å². The van der Waals surface area contributed by atoms with E-state index in [9.17, 15) is 0 Å². The van der Waals surface area contributed by atoms with Crippen molar-refractivity contribution in [2.24, 2.45) is 11.3 Å². The maximum absolute atomic E-state index is 3.71. The fourth-order valence-electron chi connectivity index (χ4n) is 2.38. The summed E-state index contributed by atoms with van der Waals surface area (Å²) in [7, 11) is 0. The molecule has 2 heteroatoms. The molecule has 1 saturated heterocycles. The summed E-state index contributed by atoms with van der Waals surface area (Å²) in [4.78, 5) is 2.67. The first kappa shape index (κ1) is 15.0. The third-order valence-electron chi connectivity index (χ3n) is 4.57. The highest BCUT2D eigenvalue weighted by Crippen LogP contribution is 2.27. The first-order chi connectivity index (χ1) is 7.77. The molecule has 0 aromatic rings. The minimum Gasteiger partial charge on any atom is -0.310 e. The summed E-state index contributed by atoms with van der Waals surface area (Å²) in [5.74, 6) is 0.752. The molecular formula is C15H32N2. The Balaban J connectivity index is 2.58. The largest absolute Gasteiger partial charge is 0.310 e. The minimum atomic E-state index is 0.314. The molecule has 0 aromatic carbocycles. The van der Waals surface area contributed by atoms with Crippen LogP contribution in [0.15, 0.2) is 0 Å². The van der Waals surface area contributed by atoms with E-state index in [0.29, 0.717) is 11.0 Å². The molecule has 2 unspecified atom stereocenters. The second-order valence-electron chi connectivity index (χ2n) is 7.20. The zero-order chi connectivity index (χ0) is 13.1. The molecule has 1 aliphatic rings. The second-order valence-corrected chi connectivity index (χ2v) is 7.20. The van der Waals surface area contributed by atoms with Gasteiger partial charge >= 0.3 is 0 Å².